The molecule has 0 aliphatic carbocycles. The Morgan fingerprint density at radius 3 is 2.40 bits per heavy atom. The third-order valence-electron chi connectivity index (χ3n) is 2.91. The van der Waals surface area contributed by atoms with Crippen molar-refractivity contribution in [2.75, 3.05) is 20.7 Å². The number of carbonyl (C=O) groups excluding carboxylic acids is 2. The maximum atomic E-state index is 11.9. The van der Waals surface area contributed by atoms with E-state index >= 15 is 0 Å². The lowest BCUT2D eigenvalue weighted by Gasteiger charge is -2.30. The van der Waals surface area contributed by atoms with Crippen LogP contribution in [0, 0.1) is 0 Å². The van der Waals surface area contributed by atoms with Crippen LogP contribution in [0.5, 0.6) is 11.5 Å². The fourth-order valence-corrected chi connectivity index (χ4v) is 1.72. The average molecular weight is 279 g/mol. The summed E-state index contributed by atoms with van der Waals surface area (Å²) in [6.45, 7) is 1.41. The normalized spacial score (nSPS) is 20.1. The molecule has 1 aliphatic heterocycles. The number of esters is 1. The fourth-order valence-electron chi connectivity index (χ4n) is 1.72. The number of benzene rings is 1. The van der Waals surface area contributed by atoms with Crippen LogP contribution in [0.15, 0.2) is 24.3 Å². The van der Waals surface area contributed by atoms with Crippen LogP contribution in [0.4, 0.5) is 0 Å². The van der Waals surface area contributed by atoms with Crippen LogP contribution < -0.4 is 9.47 Å². The van der Waals surface area contributed by atoms with Gasteiger partial charge in [0.1, 0.15) is 6.10 Å². The first-order chi connectivity index (χ1) is 9.49. The summed E-state index contributed by atoms with van der Waals surface area (Å²) in [5.74, 6) is 0.185. The Morgan fingerprint density at radius 2 is 1.80 bits per heavy atom. The monoisotopic (exact) mass is 279 g/mol. The maximum absolute atomic E-state index is 11.9. The Morgan fingerprint density at radius 1 is 1.20 bits per heavy atom. The molecule has 0 fully saturated rings. The van der Waals surface area contributed by atoms with Crippen molar-refractivity contribution in [2.24, 2.45) is 0 Å². The third kappa shape index (κ3) is 3.01. The molecule has 0 aromatic heterocycles. The second kappa shape index (κ2) is 5.81. The zero-order valence-corrected chi connectivity index (χ0v) is 11.7. The third-order valence-corrected chi connectivity index (χ3v) is 2.91. The van der Waals surface area contributed by atoms with E-state index in [0.29, 0.717) is 11.5 Å². The molecule has 1 aliphatic rings. The summed E-state index contributed by atoms with van der Waals surface area (Å²) in [5, 5.41) is 0. The Labute approximate surface area is 117 Å². The van der Waals surface area contributed by atoms with Crippen molar-refractivity contribution in [1.29, 1.82) is 0 Å². The SMILES string of the molecule is CC1Oc2ccccc2OC1C(=O)OCC(=O)N(C)C. The molecule has 0 radical (unpaired) electrons. The van der Waals surface area contributed by atoms with E-state index in [1.54, 1.807) is 39.2 Å². The minimum absolute atomic E-state index is 0.289. The summed E-state index contributed by atoms with van der Waals surface area (Å²) in [6, 6.07) is 7.09. The van der Waals surface area contributed by atoms with Gasteiger partial charge in [0.05, 0.1) is 0 Å². The van der Waals surface area contributed by atoms with E-state index in [1.807, 2.05) is 6.07 Å². The second-order valence-electron chi connectivity index (χ2n) is 4.70. The minimum Gasteiger partial charge on any atom is -0.482 e. The Balaban J connectivity index is 1.99. The molecule has 2 atom stereocenters. The summed E-state index contributed by atoms with van der Waals surface area (Å²) in [5.41, 5.74) is 0. The van der Waals surface area contributed by atoms with Crippen molar-refractivity contribution in [3.8, 4) is 11.5 Å². The summed E-state index contributed by atoms with van der Waals surface area (Å²) >= 11 is 0. The number of carbonyl (C=O) groups is 2. The first-order valence-corrected chi connectivity index (χ1v) is 6.28. The van der Waals surface area contributed by atoms with E-state index in [1.165, 1.54) is 4.90 Å². The van der Waals surface area contributed by atoms with Gasteiger partial charge in [-0.05, 0) is 19.1 Å². The molecule has 0 N–H and O–H groups in total. The van der Waals surface area contributed by atoms with Gasteiger partial charge in [-0.1, -0.05) is 12.1 Å². The van der Waals surface area contributed by atoms with E-state index in [-0.39, 0.29) is 12.5 Å². The number of hydrogen-bond donors (Lipinski definition) is 0. The minimum atomic E-state index is -0.875. The molecule has 0 saturated heterocycles. The Kier molecular flexibility index (Phi) is 4.12. The summed E-state index contributed by atoms with van der Waals surface area (Å²) in [4.78, 5) is 24.7. The van der Waals surface area contributed by atoms with Gasteiger partial charge < -0.3 is 19.1 Å². The van der Waals surface area contributed by atoms with E-state index < -0.39 is 18.2 Å². The molecule has 6 heteroatoms. The van der Waals surface area contributed by atoms with Crippen molar-refractivity contribution in [3.05, 3.63) is 24.3 Å². The number of para-hydroxylation sites is 2. The van der Waals surface area contributed by atoms with E-state index in [0.717, 1.165) is 0 Å². The zero-order valence-electron chi connectivity index (χ0n) is 11.7. The lowest BCUT2D eigenvalue weighted by molar-refractivity contribution is -0.162. The standard InChI is InChI=1S/C14H17NO5/c1-9-13(14(17)18-8-12(16)15(2)3)20-11-7-5-4-6-10(11)19-9/h4-7,9,13H,8H2,1-3H3. The molecule has 6 nitrogen and oxygen atoms in total. The highest BCUT2D eigenvalue weighted by Gasteiger charge is 2.35. The molecule has 2 unspecified atom stereocenters. The van der Waals surface area contributed by atoms with Crippen LogP contribution >= 0.6 is 0 Å². The van der Waals surface area contributed by atoms with Crippen LogP contribution in [0.25, 0.3) is 0 Å². The topological polar surface area (TPSA) is 65.1 Å². The van der Waals surface area contributed by atoms with Crippen molar-refractivity contribution in [3.63, 3.8) is 0 Å². The zero-order chi connectivity index (χ0) is 14.7. The molecule has 1 amide bonds. The van der Waals surface area contributed by atoms with Crippen molar-refractivity contribution in [1.82, 2.24) is 4.90 Å². The van der Waals surface area contributed by atoms with E-state index in [9.17, 15) is 9.59 Å². The van der Waals surface area contributed by atoms with Gasteiger partial charge in [-0.25, -0.2) is 4.79 Å². The van der Waals surface area contributed by atoms with Crippen LogP contribution in [-0.4, -0.2) is 49.7 Å². The molecular formula is C14H17NO5. The van der Waals surface area contributed by atoms with Gasteiger partial charge in [-0.15, -0.1) is 0 Å². The molecule has 1 heterocycles. The molecule has 0 saturated carbocycles. The van der Waals surface area contributed by atoms with E-state index in [4.69, 9.17) is 14.2 Å². The van der Waals surface area contributed by atoms with Crippen LogP contribution in [0.3, 0.4) is 0 Å². The lowest BCUT2D eigenvalue weighted by Crippen LogP contribution is -2.45. The van der Waals surface area contributed by atoms with Crippen LogP contribution in [-0.2, 0) is 14.3 Å². The number of amides is 1. The molecule has 1 aromatic rings. The van der Waals surface area contributed by atoms with Crippen LogP contribution in [0.1, 0.15) is 6.92 Å². The molecule has 108 valence electrons. The Hall–Kier alpha value is -2.24. The Bertz CT molecular complexity index is 514. The van der Waals surface area contributed by atoms with Gasteiger partial charge in [-0.3, -0.25) is 4.79 Å². The smallest absolute Gasteiger partial charge is 0.351 e. The van der Waals surface area contributed by atoms with Gasteiger partial charge in [0, 0.05) is 14.1 Å². The highest BCUT2D eigenvalue weighted by molar-refractivity contribution is 5.82. The quantitative estimate of drug-likeness (QED) is 0.767. The van der Waals surface area contributed by atoms with Gasteiger partial charge in [0.25, 0.3) is 5.91 Å². The average Bonchev–Trinajstić information content (AvgIpc) is 2.43. The number of likely N-dealkylation sites (N-methyl/N-ethyl adjacent to an activating group) is 1. The lowest BCUT2D eigenvalue weighted by atomic mass is 10.2. The predicted molar refractivity (Wildman–Crippen MR) is 70.6 cm³/mol. The van der Waals surface area contributed by atoms with Crippen LogP contribution in [0.2, 0.25) is 0 Å². The largest absolute Gasteiger partial charge is 0.482 e. The molecule has 0 spiro atoms. The second-order valence-corrected chi connectivity index (χ2v) is 4.70. The number of hydrogen-bond acceptors (Lipinski definition) is 5. The molecular weight excluding hydrogens is 262 g/mol. The molecule has 20 heavy (non-hydrogen) atoms. The number of ether oxygens (including phenoxy) is 3. The molecule has 0 bridgehead atoms. The van der Waals surface area contributed by atoms with Crippen molar-refractivity contribution in [2.45, 2.75) is 19.1 Å². The number of nitrogens with zero attached hydrogens (tertiary/aromatic N) is 1. The highest BCUT2D eigenvalue weighted by atomic mass is 16.6. The number of rotatable bonds is 3. The van der Waals surface area contributed by atoms with Gasteiger partial charge in [0.2, 0.25) is 6.10 Å². The predicted octanol–water partition coefficient (Wildman–Crippen LogP) is 0.846. The molecule has 1 aromatic carbocycles. The van der Waals surface area contributed by atoms with Gasteiger partial charge >= 0.3 is 5.97 Å². The highest BCUT2D eigenvalue weighted by Crippen LogP contribution is 2.33. The summed E-state index contributed by atoms with van der Waals surface area (Å²) in [6.07, 6.45) is -1.35. The maximum Gasteiger partial charge on any atom is 0.351 e. The first kappa shape index (κ1) is 14.2. The van der Waals surface area contributed by atoms with Gasteiger partial charge in [0.15, 0.2) is 18.1 Å². The molecule has 2 rings (SSSR count). The fraction of sp³-hybridized carbons (Fsp3) is 0.429. The number of fused-ring (bicyclic) bond motifs is 1. The van der Waals surface area contributed by atoms with E-state index in [2.05, 4.69) is 0 Å². The van der Waals surface area contributed by atoms with Crippen molar-refractivity contribution >= 4 is 11.9 Å². The van der Waals surface area contributed by atoms with Gasteiger partial charge in [-0.2, -0.15) is 0 Å². The summed E-state index contributed by atoms with van der Waals surface area (Å²) in [7, 11) is 3.19. The summed E-state index contributed by atoms with van der Waals surface area (Å²) < 4.78 is 16.1. The first-order valence-electron chi connectivity index (χ1n) is 6.28. The van der Waals surface area contributed by atoms with Crippen molar-refractivity contribution < 1.29 is 23.8 Å².